The van der Waals surface area contributed by atoms with Crippen molar-refractivity contribution in [2.24, 2.45) is 0 Å². The van der Waals surface area contributed by atoms with Crippen LogP contribution in [0.1, 0.15) is 0 Å². The lowest BCUT2D eigenvalue weighted by Crippen LogP contribution is -2.23. The number of ether oxygens (including phenoxy) is 2. The normalized spacial score (nSPS) is 12.8. The molecular formula is C16H16N2O8S. The number of nitrogens with zero attached hydrogens (tertiary/aromatic N) is 2. The summed E-state index contributed by atoms with van der Waals surface area (Å²) in [6, 6.07) is 10.5. The predicted octanol–water partition coefficient (Wildman–Crippen LogP) is 2.33. The fourth-order valence-electron chi connectivity index (χ4n) is 1.94. The number of hydrogen-bond donors (Lipinski definition) is 2. The van der Waals surface area contributed by atoms with Crippen LogP contribution in [0.15, 0.2) is 48.5 Å². The van der Waals surface area contributed by atoms with Gasteiger partial charge >= 0.3 is 0 Å². The highest BCUT2D eigenvalue weighted by atomic mass is 32.2. The number of thioether (sulfide) groups is 1. The lowest BCUT2D eigenvalue weighted by Gasteiger charge is -2.15. The van der Waals surface area contributed by atoms with Crippen molar-refractivity contribution < 1.29 is 29.5 Å². The van der Waals surface area contributed by atoms with E-state index in [9.17, 15) is 30.4 Å². The Hall–Kier alpha value is -2.89. The van der Waals surface area contributed by atoms with Gasteiger partial charge in [-0.3, -0.25) is 20.2 Å². The second-order valence-corrected chi connectivity index (χ2v) is 6.26. The van der Waals surface area contributed by atoms with Gasteiger partial charge in [0.1, 0.15) is 11.5 Å². The molecule has 144 valence electrons. The van der Waals surface area contributed by atoms with Crippen molar-refractivity contribution in [1.82, 2.24) is 0 Å². The van der Waals surface area contributed by atoms with Gasteiger partial charge in [-0.2, -0.15) is 0 Å². The van der Waals surface area contributed by atoms with Crippen molar-refractivity contribution in [2.75, 3.05) is 11.5 Å². The average Bonchev–Trinajstić information content (AvgIpc) is 2.62. The molecule has 0 saturated carbocycles. The van der Waals surface area contributed by atoms with Gasteiger partial charge in [0.2, 0.25) is 12.6 Å². The third-order valence-corrected chi connectivity index (χ3v) is 4.20. The molecule has 2 aromatic rings. The molecule has 0 fully saturated rings. The first kappa shape index (κ1) is 20.4. The molecule has 0 spiro atoms. The van der Waals surface area contributed by atoms with E-state index in [1.54, 1.807) is 0 Å². The van der Waals surface area contributed by atoms with E-state index in [2.05, 4.69) is 0 Å². The number of hydrogen-bond acceptors (Lipinski definition) is 9. The minimum Gasteiger partial charge on any atom is -0.464 e. The molecule has 0 radical (unpaired) electrons. The first-order valence-corrected chi connectivity index (χ1v) is 8.76. The summed E-state index contributed by atoms with van der Waals surface area (Å²) in [5, 5.41) is 40.7. The third kappa shape index (κ3) is 6.73. The fourth-order valence-corrected chi connectivity index (χ4v) is 2.62. The number of benzene rings is 2. The van der Waals surface area contributed by atoms with Crippen LogP contribution in [-0.2, 0) is 0 Å². The summed E-state index contributed by atoms with van der Waals surface area (Å²) < 4.78 is 10.4. The van der Waals surface area contributed by atoms with Crippen LogP contribution in [0.5, 0.6) is 11.5 Å². The zero-order valence-electron chi connectivity index (χ0n) is 13.8. The summed E-state index contributed by atoms with van der Waals surface area (Å²) in [7, 11) is 0. The van der Waals surface area contributed by atoms with E-state index in [0.29, 0.717) is 0 Å². The molecule has 0 aliphatic rings. The summed E-state index contributed by atoms with van der Waals surface area (Å²) in [4.78, 5) is 20.0. The van der Waals surface area contributed by atoms with E-state index in [1.165, 1.54) is 48.5 Å². The number of non-ortho nitro benzene ring substituents is 2. The lowest BCUT2D eigenvalue weighted by atomic mass is 10.3. The van der Waals surface area contributed by atoms with Gasteiger partial charge in [0.05, 0.1) is 21.4 Å². The van der Waals surface area contributed by atoms with Crippen LogP contribution in [0, 0.1) is 20.2 Å². The standard InChI is InChI=1S/C16H16N2O8S/c19-15(25-13-5-1-11(2-6-13)17(21)22)9-27-10-16(20)26-14-7-3-12(4-8-14)18(23)24/h1-8,15-16,19-20H,9-10H2. The molecule has 10 nitrogen and oxygen atoms in total. The largest absolute Gasteiger partial charge is 0.464 e. The topological polar surface area (TPSA) is 145 Å². The van der Waals surface area contributed by atoms with Gasteiger partial charge in [0.25, 0.3) is 11.4 Å². The maximum atomic E-state index is 10.6. The summed E-state index contributed by atoms with van der Waals surface area (Å²) in [5.74, 6) is 0.794. The SMILES string of the molecule is O=[N+]([O-])c1ccc(OC(O)CSCC(O)Oc2ccc([N+](=O)[O-])cc2)cc1. The zero-order chi connectivity index (χ0) is 19.8. The molecule has 0 aliphatic carbocycles. The summed E-state index contributed by atoms with van der Waals surface area (Å²) >= 11 is 1.16. The Bertz CT molecular complexity index is 703. The van der Waals surface area contributed by atoms with Crippen LogP contribution in [-0.4, -0.2) is 44.1 Å². The summed E-state index contributed by atoms with van der Waals surface area (Å²) in [6.45, 7) is 0. The molecule has 2 N–H and O–H groups in total. The predicted molar refractivity (Wildman–Crippen MR) is 96.8 cm³/mol. The van der Waals surface area contributed by atoms with Gasteiger partial charge < -0.3 is 19.7 Å². The highest BCUT2D eigenvalue weighted by molar-refractivity contribution is 7.99. The minimum atomic E-state index is -1.18. The van der Waals surface area contributed by atoms with E-state index < -0.39 is 22.4 Å². The fraction of sp³-hybridized carbons (Fsp3) is 0.250. The Morgan fingerprint density at radius 3 is 1.41 bits per heavy atom. The van der Waals surface area contributed by atoms with E-state index in [4.69, 9.17) is 9.47 Å². The zero-order valence-corrected chi connectivity index (χ0v) is 14.7. The van der Waals surface area contributed by atoms with E-state index in [-0.39, 0.29) is 34.4 Å². The second kappa shape index (κ2) is 9.71. The number of aliphatic hydroxyl groups excluding tert-OH is 2. The first-order valence-electron chi connectivity index (χ1n) is 7.61. The average molecular weight is 396 g/mol. The molecule has 0 heterocycles. The smallest absolute Gasteiger partial charge is 0.269 e. The Kier molecular flexibility index (Phi) is 7.34. The van der Waals surface area contributed by atoms with Crippen molar-refractivity contribution in [3.8, 4) is 11.5 Å². The van der Waals surface area contributed by atoms with Gasteiger partial charge in [-0.05, 0) is 24.3 Å². The van der Waals surface area contributed by atoms with Gasteiger partial charge in [-0.25, -0.2) is 0 Å². The molecule has 0 saturated heterocycles. The van der Waals surface area contributed by atoms with Gasteiger partial charge in [0, 0.05) is 24.3 Å². The molecule has 2 rings (SSSR count). The molecule has 27 heavy (non-hydrogen) atoms. The number of nitro benzene ring substituents is 2. The van der Waals surface area contributed by atoms with Gasteiger partial charge in [0.15, 0.2) is 0 Å². The maximum absolute atomic E-state index is 10.6. The van der Waals surface area contributed by atoms with E-state index >= 15 is 0 Å². The molecule has 0 aliphatic heterocycles. The van der Waals surface area contributed by atoms with Crippen molar-refractivity contribution in [2.45, 2.75) is 12.6 Å². The van der Waals surface area contributed by atoms with Crippen LogP contribution in [0.25, 0.3) is 0 Å². The van der Waals surface area contributed by atoms with Crippen LogP contribution in [0.4, 0.5) is 11.4 Å². The Morgan fingerprint density at radius 2 is 1.11 bits per heavy atom. The molecule has 11 heteroatoms. The van der Waals surface area contributed by atoms with Gasteiger partial charge in [-0.15, -0.1) is 11.8 Å². The monoisotopic (exact) mass is 396 g/mol. The molecule has 0 aromatic heterocycles. The summed E-state index contributed by atoms with van der Waals surface area (Å²) in [5.41, 5.74) is -0.171. The highest BCUT2D eigenvalue weighted by Crippen LogP contribution is 2.20. The van der Waals surface area contributed by atoms with Crippen LogP contribution in [0.2, 0.25) is 0 Å². The Balaban J connectivity index is 1.71. The van der Waals surface area contributed by atoms with Crippen molar-refractivity contribution in [1.29, 1.82) is 0 Å². The van der Waals surface area contributed by atoms with Crippen LogP contribution < -0.4 is 9.47 Å². The lowest BCUT2D eigenvalue weighted by molar-refractivity contribution is -0.385. The quantitative estimate of drug-likeness (QED) is 0.351. The van der Waals surface area contributed by atoms with Gasteiger partial charge in [-0.1, -0.05) is 0 Å². The van der Waals surface area contributed by atoms with Crippen LogP contribution >= 0.6 is 11.8 Å². The highest BCUT2D eigenvalue weighted by Gasteiger charge is 2.12. The first-order chi connectivity index (χ1) is 12.8. The molecule has 2 unspecified atom stereocenters. The van der Waals surface area contributed by atoms with Crippen molar-refractivity contribution in [3.05, 3.63) is 68.8 Å². The third-order valence-electron chi connectivity index (χ3n) is 3.16. The number of aliphatic hydroxyl groups is 2. The Morgan fingerprint density at radius 1 is 0.778 bits per heavy atom. The van der Waals surface area contributed by atoms with Crippen molar-refractivity contribution >= 4 is 23.1 Å². The number of rotatable bonds is 10. The maximum Gasteiger partial charge on any atom is 0.269 e. The van der Waals surface area contributed by atoms with Crippen molar-refractivity contribution in [3.63, 3.8) is 0 Å². The molecule has 0 amide bonds. The molecule has 0 bridgehead atoms. The van der Waals surface area contributed by atoms with E-state index in [0.717, 1.165) is 11.8 Å². The minimum absolute atomic E-state index is 0.0854. The number of nitro groups is 2. The molecular weight excluding hydrogens is 380 g/mol. The summed E-state index contributed by atoms with van der Waals surface area (Å²) in [6.07, 6.45) is -2.36. The van der Waals surface area contributed by atoms with E-state index in [1.807, 2.05) is 0 Å². The molecule has 2 aromatic carbocycles. The Labute approximate surface area is 157 Å². The molecule has 2 atom stereocenters. The van der Waals surface area contributed by atoms with Crippen LogP contribution in [0.3, 0.4) is 0 Å². The second-order valence-electron chi connectivity index (χ2n) is 5.18.